The van der Waals surface area contributed by atoms with Gasteiger partial charge in [0, 0.05) is 6.42 Å². The van der Waals surface area contributed by atoms with Crippen molar-refractivity contribution in [3.63, 3.8) is 0 Å². The van der Waals surface area contributed by atoms with Crippen molar-refractivity contribution in [1.82, 2.24) is 0 Å². The van der Waals surface area contributed by atoms with E-state index in [1.807, 2.05) is 0 Å². The van der Waals surface area contributed by atoms with E-state index < -0.39 is 11.8 Å². The molecule has 0 radical (unpaired) electrons. The van der Waals surface area contributed by atoms with Crippen molar-refractivity contribution in [3.05, 3.63) is 12.2 Å². The summed E-state index contributed by atoms with van der Waals surface area (Å²) in [5.74, 6) is -2.65. The number of carboxylic acids is 1. The van der Waals surface area contributed by atoms with Crippen LogP contribution in [0.3, 0.4) is 0 Å². The third kappa shape index (κ3) is 9.06. The number of unbranched alkanes of at least 4 members (excludes halogenated alkanes) is 6. The predicted molar refractivity (Wildman–Crippen MR) is 112 cm³/mol. The number of rotatable bonds is 15. The summed E-state index contributed by atoms with van der Waals surface area (Å²) >= 11 is 0. The van der Waals surface area contributed by atoms with E-state index in [9.17, 15) is 20.1 Å². The fourth-order valence-electron chi connectivity index (χ4n) is 4.21. The first kappa shape index (κ1) is 25.1. The molecule has 1 unspecified atom stereocenters. The quantitative estimate of drug-likeness (QED) is 0.204. The number of hydrogen-bond donors (Lipinski definition) is 3. The molecule has 1 aliphatic rings. The standard InChI is InChI=1S/C23H42O5/c1-4-5-6-7-8-10-13-19-15-16-21(24)20(19)14-11-9-12-17-23(27,22(25)26)28-18(2)3/h10,13,18-21,24,27H,4-9,11-12,14-17H2,1-3H3,(H,25,26)/t19-,20+,21-,23?/m0/s1. The van der Waals surface area contributed by atoms with Crippen LogP contribution in [0.4, 0.5) is 0 Å². The molecule has 0 bridgehead atoms. The maximum absolute atomic E-state index is 11.3. The molecule has 1 saturated carbocycles. The van der Waals surface area contributed by atoms with Gasteiger partial charge in [0.1, 0.15) is 0 Å². The lowest BCUT2D eigenvalue weighted by atomic mass is 9.88. The van der Waals surface area contributed by atoms with Gasteiger partial charge in [0.15, 0.2) is 0 Å². The highest BCUT2D eigenvalue weighted by Crippen LogP contribution is 2.37. The van der Waals surface area contributed by atoms with Crippen LogP contribution in [-0.4, -0.2) is 39.3 Å². The van der Waals surface area contributed by atoms with Gasteiger partial charge in [0.25, 0.3) is 5.79 Å². The molecule has 1 fully saturated rings. The van der Waals surface area contributed by atoms with Gasteiger partial charge in [-0.2, -0.15) is 0 Å². The van der Waals surface area contributed by atoms with Gasteiger partial charge >= 0.3 is 5.97 Å². The fraction of sp³-hybridized carbons (Fsp3) is 0.870. The molecule has 0 heterocycles. The molecule has 164 valence electrons. The number of carbonyl (C=O) groups is 1. The molecule has 0 saturated heterocycles. The molecular weight excluding hydrogens is 356 g/mol. The summed E-state index contributed by atoms with van der Waals surface area (Å²) in [6, 6.07) is 0. The van der Waals surface area contributed by atoms with Crippen molar-refractivity contribution in [1.29, 1.82) is 0 Å². The summed E-state index contributed by atoms with van der Waals surface area (Å²) in [5.41, 5.74) is 0. The van der Waals surface area contributed by atoms with E-state index in [-0.39, 0.29) is 18.6 Å². The molecule has 1 rings (SSSR count). The molecule has 5 heteroatoms. The van der Waals surface area contributed by atoms with E-state index in [4.69, 9.17) is 4.74 Å². The van der Waals surface area contributed by atoms with Gasteiger partial charge in [-0.3, -0.25) is 0 Å². The topological polar surface area (TPSA) is 87.0 Å². The summed E-state index contributed by atoms with van der Waals surface area (Å²) in [6.07, 6.45) is 15.6. The van der Waals surface area contributed by atoms with Crippen molar-refractivity contribution in [2.75, 3.05) is 0 Å². The molecule has 0 spiro atoms. The molecule has 0 aromatic carbocycles. The molecule has 0 amide bonds. The highest BCUT2D eigenvalue weighted by atomic mass is 16.7. The summed E-state index contributed by atoms with van der Waals surface area (Å²) in [5, 5.41) is 29.7. The molecule has 4 atom stereocenters. The highest BCUT2D eigenvalue weighted by molar-refractivity contribution is 5.75. The van der Waals surface area contributed by atoms with Crippen molar-refractivity contribution < 1.29 is 24.9 Å². The van der Waals surface area contributed by atoms with Crippen molar-refractivity contribution >= 4 is 5.97 Å². The molecule has 0 aromatic rings. The zero-order chi connectivity index (χ0) is 21.0. The number of hydrogen-bond acceptors (Lipinski definition) is 4. The summed E-state index contributed by atoms with van der Waals surface area (Å²) in [6.45, 7) is 5.65. The van der Waals surface area contributed by atoms with Crippen LogP contribution in [0.1, 0.15) is 97.8 Å². The molecule has 1 aliphatic carbocycles. The number of carboxylic acid groups (broad SMARTS) is 1. The van der Waals surface area contributed by atoms with Crippen LogP contribution in [0.5, 0.6) is 0 Å². The second-order valence-corrected chi connectivity index (χ2v) is 8.61. The minimum absolute atomic E-state index is 0.0921. The zero-order valence-electron chi connectivity index (χ0n) is 18.1. The number of ether oxygens (including phenoxy) is 1. The molecule has 3 N–H and O–H groups in total. The first-order chi connectivity index (χ1) is 13.3. The number of aliphatic hydroxyl groups is 2. The van der Waals surface area contributed by atoms with Crippen LogP contribution in [0.25, 0.3) is 0 Å². The number of allylic oxidation sites excluding steroid dienone is 2. The Labute approximate surface area is 171 Å². The van der Waals surface area contributed by atoms with Crippen molar-refractivity contribution in [3.8, 4) is 0 Å². The molecular formula is C23H42O5. The third-order valence-corrected chi connectivity index (χ3v) is 5.77. The van der Waals surface area contributed by atoms with E-state index in [1.165, 1.54) is 25.7 Å². The van der Waals surface area contributed by atoms with Crippen molar-refractivity contribution in [2.45, 2.75) is 116 Å². The Bertz CT molecular complexity index is 462. The number of aliphatic carboxylic acids is 1. The van der Waals surface area contributed by atoms with Gasteiger partial charge in [0.05, 0.1) is 12.2 Å². The SMILES string of the molecule is CCCCCCC=C[C@H]1CC[C@H](O)[C@@H]1CCCCCC(O)(OC(C)C)C(=O)O. The van der Waals surface area contributed by atoms with Crippen LogP contribution in [0, 0.1) is 11.8 Å². The average molecular weight is 399 g/mol. The Hall–Kier alpha value is -0.910. The molecule has 0 aliphatic heterocycles. The fourth-order valence-corrected chi connectivity index (χ4v) is 4.21. The van der Waals surface area contributed by atoms with Crippen LogP contribution >= 0.6 is 0 Å². The first-order valence-corrected chi connectivity index (χ1v) is 11.3. The van der Waals surface area contributed by atoms with Gasteiger partial charge in [-0.25, -0.2) is 4.79 Å². The summed E-state index contributed by atoms with van der Waals surface area (Å²) in [4.78, 5) is 11.3. The Balaban J connectivity index is 2.33. The van der Waals surface area contributed by atoms with E-state index in [2.05, 4.69) is 19.1 Å². The minimum atomic E-state index is -2.09. The van der Waals surface area contributed by atoms with Crippen LogP contribution in [0.15, 0.2) is 12.2 Å². The molecule has 28 heavy (non-hydrogen) atoms. The Morgan fingerprint density at radius 1 is 1.14 bits per heavy atom. The van der Waals surface area contributed by atoms with E-state index in [0.717, 1.165) is 38.5 Å². The Morgan fingerprint density at radius 2 is 1.86 bits per heavy atom. The van der Waals surface area contributed by atoms with Gasteiger partial charge < -0.3 is 20.1 Å². The van der Waals surface area contributed by atoms with E-state index >= 15 is 0 Å². The van der Waals surface area contributed by atoms with E-state index in [0.29, 0.717) is 18.3 Å². The van der Waals surface area contributed by atoms with Crippen molar-refractivity contribution in [2.24, 2.45) is 11.8 Å². The lowest BCUT2D eigenvalue weighted by molar-refractivity contribution is -0.238. The lowest BCUT2D eigenvalue weighted by Crippen LogP contribution is -2.43. The maximum atomic E-state index is 11.3. The highest BCUT2D eigenvalue weighted by Gasteiger charge is 2.38. The predicted octanol–water partition coefficient (Wildman–Crippen LogP) is 5.05. The van der Waals surface area contributed by atoms with Gasteiger partial charge in [-0.15, -0.1) is 0 Å². The first-order valence-electron chi connectivity index (χ1n) is 11.3. The van der Waals surface area contributed by atoms with Crippen LogP contribution < -0.4 is 0 Å². The monoisotopic (exact) mass is 398 g/mol. The van der Waals surface area contributed by atoms with Crippen LogP contribution in [-0.2, 0) is 9.53 Å². The third-order valence-electron chi connectivity index (χ3n) is 5.77. The summed E-state index contributed by atoms with van der Waals surface area (Å²) < 4.78 is 5.20. The largest absolute Gasteiger partial charge is 0.477 e. The average Bonchev–Trinajstić information content (AvgIpc) is 2.97. The zero-order valence-corrected chi connectivity index (χ0v) is 18.1. The van der Waals surface area contributed by atoms with Gasteiger partial charge in [0.2, 0.25) is 0 Å². The maximum Gasteiger partial charge on any atom is 0.364 e. The second-order valence-electron chi connectivity index (χ2n) is 8.61. The van der Waals surface area contributed by atoms with E-state index in [1.54, 1.807) is 13.8 Å². The van der Waals surface area contributed by atoms with Crippen LogP contribution in [0.2, 0.25) is 0 Å². The second kappa shape index (κ2) is 13.3. The van der Waals surface area contributed by atoms with Gasteiger partial charge in [-0.05, 0) is 64.2 Å². The Kier molecular flexibility index (Phi) is 12.0. The molecule has 0 aromatic heterocycles. The Morgan fingerprint density at radius 3 is 2.50 bits per heavy atom. The smallest absolute Gasteiger partial charge is 0.364 e. The lowest BCUT2D eigenvalue weighted by Gasteiger charge is -2.26. The summed E-state index contributed by atoms with van der Waals surface area (Å²) in [7, 11) is 0. The minimum Gasteiger partial charge on any atom is -0.477 e. The molecule has 5 nitrogen and oxygen atoms in total. The number of aliphatic hydroxyl groups excluding tert-OH is 1. The van der Waals surface area contributed by atoms with Gasteiger partial charge in [-0.1, -0.05) is 51.2 Å². The normalized spacial score (nSPS) is 24.9.